The Bertz CT molecular complexity index is 763. The SMILES string of the molecule is O=C(COC(=O)c1ccc(Cl)c(N2CCCC2=O)c1)NC(=O)NC1CC1. The fourth-order valence-electron chi connectivity index (χ4n) is 2.58. The van der Waals surface area contributed by atoms with Crippen LogP contribution in [-0.4, -0.2) is 43.0 Å². The van der Waals surface area contributed by atoms with Gasteiger partial charge in [0.15, 0.2) is 6.61 Å². The van der Waals surface area contributed by atoms with Gasteiger partial charge in [-0.2, -0.15) is 0 Å². The van der Waals surface area contributed by atoms with E-state index < -0.39 is 24.5 Å². The van der Waals surface area contributed by atoms with Crippen LogP contribution in [0.4, 0.5) is 10.5 Å². The van der Waals surface area contributed by atoms with Gasteiger partial charge in [-0.3, -0.25) is 14.9 Å². The number of rotatable bonds is 5. The number of nitrogens with one attached hydrogen (secondary N) is 2. The Morgan fingerprint density at radius 1 is 1.27 bits per heavy atom. The van der Waals surface area contributed by atoms with E-state index >= 15 is 0 Å². The summed E-state index contributed by atoms with van der Waals surface area (Å²) in [5, 5.41) is 5.03. The van der Waals surface area contributed by atoms with Gasteiger partial charge in [0.05, 0.1) is 16.3 Å². The Morgan fingerprint density at radius 3 is 2.69 bits per heavy atom. The molecule has 8 nitrogen and oxygen atoms in total. The fourth-order valence-corrected chi connectivity index (χ4v) is 2.80. The van der Waals surface area contributed by atoms with Gasteiger partial charge < -0.3 is 15.0 Å². The van der Waals surface area contributed by atoms with E-state index in [9.17, 15) is 19.2 Å². The van der Waals surface area contributed by atoms with Crippen molar-refractivity contribution in [3.63, 3.8) is 0 Å². The van der Waals surface area contributed by atoms with Crippen LogP contribution >= 0.6 is 11.6 Å². The van der Waals surface area contributed by atoms with Crippen molar-refractivity contribution in [2.45, 2.75) is 31.7 Å². The maximum atomic E-state index is 12.1. The van der Waals surface area contributed by atoms with Crippen molar-refractivity contribution in [3.05, 3.63) is 28.8 Å². The molecule has 1 aromatic carbocycles. The first-order chi connectivity index (χ1) is 12.4. The number of amides is 4. The molecule has 0 bridgehead atoms. The second kappa shape index (κ2) is 7.74. The summed E-state index contributed by atoms with van der Waals surface area (Å²) >= 11 is 6.12. The molecule has 1 aliphatic carbocycles. The predicted molar refractivity (Wildman–Crippen MR) is 93.0 cm³/mol. The lowest BCUT2D eigenvalue weighted by Gasteiger charge is -2.18. The van der Waals surface area contributed by atoms with Crippen molar-refractivity contribution in [3.8, 4) is 0 Å². The minimum atomic E-state index is -0.743. The average molecular weight is 380 g/mol. The number of ether oxygens (including phenoxy) is 1. The first-order valence-electron chi connectivity index (χ1n) is 8.31. The molecule has 2 aliphatic rings. The van der Waals surface area contributed by atoms with Crippen LogP contribution in [0.15, 0.2) is 18.2 Å². The minimum absolute atomic E-state index is 0.0570. The van der Waals surface area contributed by atoms with E-state index in [2.05, 4.69) is 10.6 Å². The molecule has 0 aromatic heterocycles. The molecule has 0 radical (unpaired) electrons. The van der Waals surface area contributed by atoms with Crippen LogP contribution in [0.1, 0.15) is 36.0 Å². The average Bonchev–Trinajstić information content (AvgIpc) is 3.31. The van der Waals surface area contributed by atoms with Gasteiger partial charge in [-0.25, -0.2) is 9.59 Å². The molecule has 1 heterocycles. The third-order valence-electron chi connectivity index (χ3n) is 4.05. The Kier molecular flexibility index (Phi) is 5.41. The zero-order valence-corrected chi connectivity index (χ0v) is 14.7. The smallest absolute Gasteiger partial charge is 0.338 e. The van der Waals surface area contributed by atoms with Crippen LogP contribution in [-0.2, 0) is 14.3 Å². The van der Waals surface area contributed by atoms with Crippen molar-refractivity contribution >= 4 is 41.1 Å². The number of imide groups is 1. The molecule has 1 aromatic rings. The molecule has 1 saturated carbocycles. The van der Waals surface area contributed by atoms with Gasteiger partial charge in [0.1, 0.15) is 0 Å². The van der Waals surface area contributed by atoms with Crippen LogP contribution in [0.25, 0.3) is 0 Å². The van der Waals surface area contributed by atoms with Gasteiger partial charge in [-0.1, -0.05) is 11.6 Å². The maximum Gasteiger partial charge on any atom is 0.338 e. The number of urea groups is 1. The molecule has 3 rings (SSSR count). The molecule has 1 aliphatic heterocycles. The van der Waals surface area contributed by atoms with E-state index in [1.54, 1.807) is 0 Å². The molecule has 2 N–H and O–H groups in total. The van der Waals surface area contributed by atoms with Gasteiger partial charge in [-0.15, -0.1) is 0 Å². The number of hydrogen-bond donors (Lipinski definition) is 2. The Morgan fingerprint density at radius 2 is 2.04 bits per heavy atom. The van der Waals surface area contributed by atoms with Gasteiger partial charge in [0, 0.05) is 19.0 Å². The van der Waals surface area contributed by atoms with Gasteiger partial charge >= 0.3 is 12.0 Å². The van der Waals surface area contributed by atoms with Gasteiger partial charge in [0.2, 0.25) is 5.91 Å². The third-order valence-corrected chi connectivity index (χ3v) is 4.37. The van der Waals surface area contributed by atoms with Crippen molar-refractivity contribution < 1.29 is 23.9 Å². The number of esters is 1. The Labute approximate surface area is 154 Å². The summed E-state index contributed by atoms with van der Waals surface area (Å²) in [5.41, 5.74) is 0.608. The molecule has 26 heavy (non-hydrogen) atoms. The zero-order valence-electron chi connectivity index (χ0n) is 13.9. The van der Waals surface area contributed by atoms with Crippen molar-refractivity contribution in [2.24, 2.45) is 0 Å². The summed E-state index contributed by atoms with van der Waals surface area (Å²) in [6, 6.07) is 3.93. The first-order valence-corrected chi connectivity index (χ1v) is 8.69. The monoisotopic (exact) mass is 379 g/mol. The number of anilines is 1. The number of nitrogens with zero attached hydrogens (tertiary/aromatic N) is 1. The number of hydrogen-bond acceptors (Lipinski definition) is 5. The van der Waals surface area contributed by atoms with Crippen LogP contribution in [0.3, 0.4) is 0 Å². The highest BCUT2D eigenvalue weighted by Gasteiger charge is 2.26. The number of carbonyl (C=O) groups is 4. The Hall–Kier alpha value is -2.61. The van der Waals surface area contributed by atoms with Gasteiger partial charge in [0.25, 0.3) is 5.91 Å². The van der Waals surface area contributed by atoms with Crippen LogP contribution < -0.4 is 15.5 Å². The fraction of sp³-hybridized carbons (Fsp3) is 0.412. The van der Waals surface area contributed by atoms with E-state index in [1.165, 1.54) is 23.1 Å². The summed E-state index contributed by atoms with van der Waals surface area (Å²) in [7, 11) is 0. The molecule has 0 spiro atoms. The molecule has 0 unspecified atom stereocenters. The van der Waals surface area contributed by atoms with Crippen LogP contribution in [0.2, 0.25) is 5.02 Å². The highest BCUT2D eigenvalue weighted by atomic mass is 35.5. The summed E-state index contributed by atoms with van der Waals surface area (Å²) in [6.45, 7) is -0.0485. The van der Waals surface area contributed by atoms with Crippen molar-refractivity contribution in [1.82, 2.24) is 10.6 Å². The maximum absolute atomic E-state index is 12.1. The molecule has 1 saturated heterocycles. The predicted octanol–water partition coefficient (Wildman–Crippen LogP) is 1.61. The summed E-state index contributed by atoms with van der Waals surface area (Å²) in [4.78, 5) is 48.6. The molecule has 4 amide bonds. The summed E-state index contributed by atoms with van der Waals surface area (Å²) in [6.07, 6.45) is 2.96. The zero-order chi connectivity index (χ0) is 18.7. The largest absolute Gasteiger partial charge is 0.452 e. The normalized spacial score (nSPS) is 16.3. The molecule has 2 fully saturated rings. The Balaban J connectivity index is 1.56. The van der Waals surface area contributed by atoms with Crippen LogP contribution in [0, 0.1) is 0 Å². The number of halogens is 1. The topological polar surface area (TPSA) is 105 Å². The standard InChI is InChI=1S/C17H18ClN3O5/c18-12-6-3-10(8-13(12)21-7-1-2-15(21)23)16(24)26-9-14(22)20-17(25)19-11-4-5-11/h3,6,8,11H,1-2,4-5,7,9H2,(H2,19,20,22,25). The minimum Gasteiger partial charge on any atom is -0.452 e. The second-order valence-corrected chi connectivity index (χ2v) is 6.59. The van der Waals surface area contributed by atoms with E-state index in [0.29, 0.717) is 23.7 Å². The highest BCUT2D eigenvalue weighted by molar-refractivity contribution is 6.34. The molecular weight excluding hydrogens is 362 g/mol. The molecule has 138 valence electrons. The van der Waals surface area contributed by atoms with E-state index in [-0.39, 0.29) is 17.5 Å². The van der Waals surface area contributed by atoms with E-state index in [0.717, 1.165) is 19.3 Å². The second-order valence-electron chi connectivity index (χ2n) is 6.19. The third kappa shape index (κ3) is 4.51. The molecular formula is C17H18ClN3O5. The lowest BCUT2D eigenvalue weighted by Crippen LogP contribution is -2.42. The van der Waals surface area contributed by atoms with Crippen molar-refractivity contribution in [1.29, 1.82) is 0 Å². The summed E-state index contributed by atoms with van der Waals surface area (Å²) < 4.78 is 4.92. The summed E-state index contributed by atoms with van der Waals surface area (Å²) in [5.74, 6) is -1.52. The molecule has 9 heteroatoms. The lowest BCUT2D eigenvalue weighted by atomic mass is 10.2. The van der Waals surface area contributed by atoms with Gasteiger partial charge in [-0.05, 0) is 37.5 Å². The van der Waals surface area contributed by atoms with E-state index in [1.807, 2.05) is 0 Å². The highest BCUT2D eigenvalue weighted by Crippen LogP contribution is 2.30. The number of benzene rings is 1. The lowest BCUT2D eigenvalue weighted by molar-refractivity contribution is -0.123. The first kappa shape index (κ1) is 18.2. The van der Waals surface area contributed by atoms with E-state index in [4.69, 9.17) is 16.3 Å². The molecule has 0 atom stereocenters. The number of carbonyl (C=O) groups excluding carboxylic acids is 4. The van der Waals surface area contributed by atoms with Crippen LogP contribution in [0.5, 0.6) is 0 Å². The quantitative estimate of drug-likeness (QED) is 0.756. The van der Waals surface area contributed by atoms with Crippen molar-refractivity contribution in [2.75, 3.05) is 18.1 Å².